The highest BCUT2D eigenvalue weighted by molar-refractivity contribution is 7.90. The Bertz CT molecular complexity index is 1230. The molecule has 6 atom stereocenters. The summed E-state index contributed by atoms with van der Waals surface area (Å²) in [6, 6.07) is 5.12. The van der Waals surface area contributed by atoms with Gasteiger partial charge in [0.2, 0.25) is 10.0 Å². The number of amides is 1. The van der Waals surface area contributed by atoms with Crippen molar-refractivity contribution in [2.24, 2.45) is 28.6 Å². The van der Waals surface area contributed by atoms with Crippen LogP contribution >= 0.6 is 0 Å². The molecule has 11 heteroatoms. The van der Waals surface area contributed by atoms with E-state index >= 15 is 0 Å². The number of anilines is 1. The van der Waals surface area contributed by atoms with E-state index in [1.54, 1.807) is 29.2 Å². The Balaban J connectivity index is 1.61. The maximum Gasteiger partial charge on any atom is 0.312 e. The van der Waals surface area contributed by atoms with Crippen LogP contribution in [0.1, 0.15) is 33.1 Å². The van der Waals surface area contributed by atoms with Crippen molar-refractivity contribution in [2.75, 3.05) is 38.5 Å². The fraction of sp³-hybridized carbons (Fsp3) is 0.654. The van der Waals surface area contributed by atoms with E-state index in [0.717, 1.165) is 17.1 Å². The van der Waals surface area contributed by atoms with E-state index in [0.29, 0.717) is 23.8 Å². The number of rotatable bonds is 5. The van der Waals surface area contributed by atoms with E-state index in [4.69, 9.17) is 14.2 Å². The van der Waals surface area contributed by atoms with E-state index in [9.17, 15) is 22.8 Å². The molecule has 0 unspecified atom stereocenters. The van der Waals surface area contributed by atoms with E-state index < -0.39 is 57.2 Å². The number of hydrogen-bond acceptors (Lipinski definition) is 9. The summed E-state index contributed by atoms with van der Waals surface area (Å²) in [5, 5.41) is 0. The summed E-state index contributed by atoms with van der Waals surface area (Å²) >= 11 is 0. The highest BCUT2D eigenvalue weighted by atomic mass is 32.2. The molecule has 4 aliphatic rings. The molecular formula is C26H34N2O8S. The Kier molecular flexibility index (Phi) is 6.01. The lowest BCUT2D eigenvalue weighted by Gasteiger charge is -2.38. The van der Waals surface area contributed by atoms with Crippen LogP contribution in [0.3, 0.4) is 0 Å². The van der Waals surface area contributed by atoms with Gasteiger partial charge in [0.25, 0.3) is 5.91 Å². The third-order valence-electron chi connectivity index (χ3n) is 9.77. The van der Waals surface area contributed by atoms with Crippen molar-refractivity contribution < 1.29 is 37.0 Å². The molecule has 5 rings (SSSR count). The molecule has 1 spiro atoms. The SMILES string of the molecule is COC(=O)[C@@H]1[C@H](C(=O)OC)CN(c2ccc(OC)cc2)[C@H]1C(=O)N1[C@H]2C[C@@H]3CC[C@@]2(CS1(=O)=O)C3(C)C. The Morgan fingerprint density at radius 1 is 1.00 bits per heavy atom. The minimum atomic E-state index is -3.94. The van der Waals surface area contributed by atoms with Gasteiger partial charge in [0.05, 0.1) is 39.0 Å². The monoisotopic (exact) mass is 534 g/mol. The second kappa shape index (κ2) is 8.61. The van der Waals surface area contributed by atoms with Crippen LogP contribution < -0.4 is 9.64 Å². The zero-order chi connectivity index (χ0) is 26.9. The van der Waals surface area contributed by atoms with Crippen LogP contribution in [-0.4, -0.2) is 76.3 Å². The molecule has 0 radical (unpaired) electrons. The summed E-state index contributed by atoms with van der Waals surface area (Å²) < 4.78 is 43.6. The van der Waals surface area contributed by atoms with Gasteiger partial charge in [-0.25, -0.2) is 12.7 Å². The van der Waals surface area contributed by atoms with Gasteiger partial charge in [-0.2, -0.15) is 0 Å². The number of carbonyl (C=O) groups is 3. The van der Waals surface area contributed by atoms with Crippen molar-refractivity contribution in [3.63, 3.8) is 0 Å². The van der Waals surface area contributed by atoms with Crippen LogP contribution in [-0.2, 0) is 33.9 Å². The first-order valence-electron chi connectivity index (χ1n) is 12.6. The molecule has 2 aliphatic carbocycles. The summed E-state index contributed by atoms with van der Waals surface area (Å²) in [6.07, 6.45) is 2.30. The predicted molar refractivity (Wildman–Crippen MR) is 133 cm³/mol. The molecular weight excluding hydrogens is 500 g/mol. The minimum absolute atomic E-state index is 0.00695. The standard InChI is InChI=1S/C26H34N2O8S/c1-25(2)15-10-11-26(25)14-37(32,33)28(19(26)12-15)22(29)21-20(24(31)36-5)18(23(30)35-4)13-27(21)16-6-8-17(34-3)9-7-16/h6-9,15,18-21H,10-14H2,1-5H3/t15-,18+,19-,20+,21+,26-/m0/s1. The van der Waals surface area contributed by atoms with Crippen molar-refractivity contribution in [1.82, 2.24) is 4.31 Å². The topological polar surface area (TPSA) is 120 Å². The minimum Gasteiger partial charge on any atom is -0.497 e. The van der Waals surface area contributed by atoms with Crippen molar-refractivity contribution >= 4 is 33.6 Å². The van der Waals surface area contributed by atoms with Crippen LogP contribution in [0.2, 0.25) is 0 Å². The summed E-state index contributed by atoms with van der Waals surface area (Å²) in [5.74, 6) is -3.52. The van der Waals surface area contributed by atoms with Gasteiger partial charge >= 0.3 is 11.9 Å². The highest BCUT2D eigenvalue weighted by Gasteiger charge is 2.73. The van der Waals surface area contributed by atoms with Crippen molar-refractivity contribution in [3.05, 3.63) is 24.3 Å². The number of nitrogens with zero attached hydrogens (tertiary/aromatic N) is 2. The van der Waals surface area contributed by atoms with Gasteiger partial charge in [-0.05, 0) is 54.9 Å². The smallest absolute Gasteiger partial charge is 0.312 e. The van der Waals surface area contributed by atoms with E-state index in [1.807, 2.05) is 0 Å². The van der Waals surface area contributed by atoms with E-state index in [-0.39, 0.29) is 17.7 Å². The summed E-state index contributed by atoms with van der Waals surface area (Å²) in [6.45, 7) is 4.21. The average molecular weight is 535 g/mol. The molecule has 2 bridgehead atoms. The molecule has 0 aromatic heterocycles. The number of sulfonamides is 1. The fourth-order valence-corrected chi connectivity index (χ4v) is 10.2. The number of esters is 2. The van der Waals surface area contributed by atoms with Crippen LogP contribution in [0.25, 0.3) is 0 Å². The number of hydrogen-bond donors (Lipinski definition) is 0. The third-order valence-corrected chi connectivity index (χ3v) is 11.7. The van der Waals surface area contributed by atoms with E-state index in [2.05, 4.69) is 13.8 Å². The molecule has 0 N–H and O–H groups in total. The molecule has 37 heavy (non-hydrogen) atoms. The van der Waals surface area contributed by atoms with Crippen molar-refractivity contribution in [2.45, 2.75) is 45.2 Å². The normalized spacial score (nSPS) is 34.8. The first-order chi connectivity index (χ1) is 17.4. The van der Waals surface area contributed by atoms with Gasteiger partial charge in [0, 0.05) is 17.6 Å². The summed E-state index contributed by atoms with van der Waals surface area (Å²) in [7, 11) is -0.00745. The number of fused-ring (bicyclic) bond motifs is 1. The number of benzene rings is 1. The zero-order valence-corrected chi connectivity index (χ0v) is 22.6. The Hall–Kier alpha value is -2.82. The van der Waals surface area contributed by atoms with Gasteiger partial charge < -0.3 is 19.1 Å². The summed E-state index contributed by atoms with van der Waals surface area (Å²) in [4.78, 5) is 41.9. The maximum absolute atomic E-state index is 14.4. The van der Waals surface area contributed by atoms with Gasteiger partial charge in [0.1, 0.15) is 17.7 Å². The largest absolute Gasteiger partial charge is 0.497 e. The second-order valence-corrected chi connectivity index (χ2v) is 13.1. The summed E-state index contributed by atoms with van der Waals surface area (Å²) in [5.41, 5.74) is -0.182. The molecule has 1 amide bonds. The Morgan fingerprint density at radius 3 is 2.22 bits per heavy atom. The lowest BCUT2D eigenvalue weighted by molar-refractivity contribution is -0.157. The molecule has 2 saturated heterocycles. The van der Waals surface area contributed by atoms with Gasteiger partial charge in [-0.15, -0.1) is 0 Å². The molecule has 2 saturated carbocycles. The lowest BCUT2D eigenvalue weighted by atomic mass is 9.69. The molecule has 2 aliphatic heterocycles. The number of carbonyl (C=O) groups excluding carboxylic acids is 3. The molecule has 1 aromatic carbocycles. The quantitative estimate of drug-likeness (QED) is 0.521. The second-order valence-electron chi connectivity index (χ2n) is 11.2. The van der Waals surface area contributed by atoms with Gasteiger partial charge in [-0.3, -0.25) is 14.4 Å². The number of ether oxygens (including phenoxy) is 3. The first kappa shape index (κ1) is 25.8. The fourth-order valence-electron chi connectivity index (χ4n) is 7.69. The van der Waals surface area contributed by atoms with Gasteiger partial charge in [0.15, 0.2) is 0 Å². The Morgan fingerprint density at radius 2 is 1.65 bits per heavy atom. The third kappa shape index (κ3) is 3.49. The van der Waals surface area contributed by atoms with Crippen molar-refractivity contribution in [1.29, 1.82) is 0 Å². The van der Waals surface area contributed by atoms with Crippen LogP contribution in [0, 0.1) is 28.6 Å². The van der Waals surface area contributed by atoms with Crippen LogP contribution in [0.5, 0.6) is 5.75 Å². The predicted octanol–water partition coefficient (Wildman–Crippen LogP) is 1.83. The maximum atomic E-state index is 14.4. The van der Waals surface area contributed by atoms with Crippen LogP contribution in [0.4, 0.5) is 5.69 Å². The first-order valence-corrected chi connectivity index (χ1v) is 14.2. The van der Waals surface area contributed by atoms with Crippen LogP contribution in [0.15, 0.2) is 24.3 Å². The van der Waals surface area contributed by atoms with Gasteiger partial charge in [-0.1, -0.05) is 13.8 Å². The molecule has 1 aromatic rings. The van der Waals surface area contributed by atoms with Crippen molar-refractivity contribution in [3.8, 4) is 5.75 Å². The molecule has 4 fully saturated rings. The molecule has 2 heterocycles. The van der Waals surface area contributed by atoms with E-state index in [1.165, 1.54) is 21.3 Å². The highest BCUT2D eigenvalue weighted by Crippen LogP contribution is 2.70. The average Bonchev–Trinajstić information content (AvgIpc) is 3.52. The lowest BCUT2D eigenvalue weighted by Crippen LogP contribution is -2.54. The zero-order valence-electron chi connectivity index (χ0n) is 21.8. The molecule has 202 valence electrons. The molecule has 10 nitrogen and oxygen atoms in total. The Labute approximate surface area is 217 Å². The number of methoxy groups -OCH3 is 3.